The number of rotatable bonds is 6. The molecule has 0 amide bonds. The zero-order valence-corrected chi connectivity index (χ0v) is 15.6. The van der Waals surface area contributed by atoms with Gasteiger partial charge in [0.25, 0.3) is 0 Å². The van der Waals surface area contributed by atoms with Crippen molar-refractivity contribution in [3.63, 3.8) is 0 Å². The highest BCUT2D eigenvalue weighted by Crippen LogP contribution is 2.18. The predicted octanol–water partition coefficient (Wildman–Crippen LogP) is 3.55. The summed E-state index contributed by atoms with van der Waals surface area (Å²) < 4.78 is 5.74. The number of nitrogens with one attached hydrogen (secondary N) is 1. The second-order valence-corrected chi connectivity index (χ2v) is 7.26. The second-order valence-electron chi connectivity index (χ2n) is 6.88. The zero-order chi connectivity index (χ0) is 16.7. The van der Waals surface area contributed by atoms with Gasteiger partial charge in [0, 0.05) is 19.1 Å². The van der Waals surface area contributed by atoms with Crippen LogP contribution in [0.3, 0.4) is 0 Å². The van der Waals surface area contributed by atoms with Gasteiger partial charge in [-0.15, -0.1) is 0 Å². The van der Waals surface area contributed by atoms with Gasteiger partial charge in [-0.05, 0) is 58.2 Å². The molecular weight excluding hydrogens is 306 g/mol. The number of likely N-dealkylation sites (N-methyl/N-ethyl adjacent to an activating group) is 1. The van der Waals surface area contributed by atoms with Gasteiger partial charge in [-0.3, -0.25) is 0 Å². The van der Waals surface area contributed by atoms with Crippen molar-refractivity contribution in [2.75, 3.05) is 27.2 Å². The van der Waals surface area contributed by atoms with Gasteiger partial charge >= 0.3 is 0 Å². The van der Waals surface area contributed by atoms with Crippen molar-refractivity contribution < 1.29 is 4.42 Å². The van der Waals surface area contributed by atoms with Crippen LogP contribution in [-0.4, -0.2) is 48.1 Å². The van der Waals surface area contributed by atoms with E-state index in [-0.39, 0.29) is 0 Å². The van der Waals surface area contributed by atoms with Gasteiger partial charge in [0.1, 0.15) is 11.5 Å². The summed E-state index contributed by atoms with van der Waals surface area (Å²) in [5.41, 5.74) is 0. The standard InChI is InChI=1S/C18H31N3OS/c1-15-10-11-17(22-15)14-21(13-12-20(2)3)18(23)19-16-8-6-4-5-7-9-16/h10-11,16H,4-9,12-14H2,1-3H3,(H,19,23). The van der Waals surface area contributed by atoms with Gasteiger partial charge in [0.15, 0.2) is 5.11 Å². The Balaban J connectivity index is 1.94. The van der Waals surface area contributed by atoms with Crippen molar-refractivity contribution in [3.8, 4) is 0 Å². The molecule has 0 radical (unpaired) electrons. The molecule has 0 unspecified atom stereocenters. The number of aryl methyl sites for hydroxylation is 1. The maximum atomic E-state index is 5.74. The van der Waals surface area contributed by atoms with E-state index in [0.29, 0.717) is 6.04 Å². The molecule has 1 aromatic rings. The second kappa shape index (κ2) is 9.28. The zero-order valence-electron chi connectivity index (χ0n) is 14.8. The minimum absolute atomic E-state index is 0.533. The summed E-state index contributed by atoms with van der Waals surface area (Å²) in [6.07, 6.45) is 7.83. The lowest BCUT2D eigenvalue weighted by Crippen LogP contribution is -2.46. The summed E-state index contributed by atoms with van der Waals surface area (Å²) in [7, 11) is 4.19. The molecule has 0 atom stereocenters. The van der Waals surface area contributed by atoms with Crippen LogP contribution in [0.1, 0.15) is 50.0 Å². The molecule has 0 bridgehead atoms. The third-order valence-corrected chi connectivity index (χ3v) is 4.81. The number of nitrogens with zero attached hydrogens (tertiary/aromatic N) is 2. The molecule has 5 heteroatoms. The Kier molecular flexibility index (Phi) is 7.37. The van der Waals surface area contributed by atoms with Gasteiger partial charge in [-0.1, -0.05) is 25.7 Å². The lowest BCUT2D eigenvalue weighted by molar-refractivity contribution is 0.299. The topological polar surface area (TPSA) is 31.6 Å². The molecule has 0 aromatic carbocycles. The largest absolute Gasteiger partial charge is 0.464 e. The maximum Gasteiger partial charge on any atom is 0.169 e. The number of thiocarbonyl (C=S) groups is 1. The Morgan fingerprint density at radius 2 is 1.87 bits per heavy atom. The highest BCUT2D eigenvalue weighted by atomic mass is 32.1. The molecule has 2 rings (SSSR count). The Morgan fingerprint density at radius 3 is 2.43 bits per heavy atom. The van der Waals surface area contributed by atoms with Crippen LogP contribution < -0.4 is 5.32 Å². The molecule has 4 nitrogen and oxygen atoms in total. The quantitative estimate of drug-likeness (QED) is 0.634. The Bertz CT molecular complexity index is 478. The first-order valence-corrected chi connectivity index (χ1v) is 9.21. The van der Waals surface area contributed by atoms with Crippen molar-refractivity contribution in [2.45, 2.75) is 58.0 Å². The molecule has 1 aromatic heterocycles. The molecule has 0 spiro atoms. The normalized spacial score (nSPS) is 16.3. The first-order chi connectivity index (χ1) is 11.0. The van der Waals surface area contributed by atoms with Gasteiger partial charge in [0.05, 0.1) is 6.54 Å². The predicted molar refractivity (Wildman–Crippen MR) is 99.6 cm³/mol. The van der Waals surface area contributed by atoms with Gasteiger partial charge in [-0.25, -0.2) is 0 Å². The van der Waals surface area contributed by atoms with Crippen LogP contribution in [0.5, 0.6) is 0 Å². The van der Waals surface area contributed by atoms with E-state index < -0.39 is 0 Å². The summed E-state index contributed by atoms with van der Waals surface area (Å²) in [6, 6.07) is 4.60. The van der Waals surface area contributed by atoms with Crippen molar-refractivity contribution >= 4 is 17.3 Å². The van der Waals surface area contributed by atoms with Crippen LogP contribution in [0.4, 0.5) is 0 Å². The van der Waals surface area contributed by atoms with E-state index >= 15 is 0 Å². The van der Waals surface area contributed by atoms with Gasteiger partial charge in [0.2, 0.25) is 0 Å². The lowest BCUT2D eigenvalue weighted by atomic mass is 10.1. The minimum Gasteiger partial charge on any atom is -0.464 e. The monoisotopic (exact) mass is 337 g/mol. The van der Waals surface area contributed by atoms with E-state index in [1.165, 1.54) is 38.5 Å². The summed E-state index contributed by atoms with van der Waals surface area (Å²) in [5, 5.41) is 4.48. The van der Waals surface area contributed by atoms with Crippen LogP contribution in [0, 0.1) is 6.92 Å². The Morgan fingerprint density at radius 1 is 1.17 bits per heavy atom. The van der Waals surface area contributed by atoms with Crippen LogP contribution >= 0.6 is 12.2 Å². The Labute approximate surface area is 146 Å². The lowest BCUT2D eigenvalue weighted by Gasteiger charge is -2.29. The van der Waals surface area contributed by atoms with Crippen LogP contribution in [0.25, 0.3) is 0 Å². The average Bonchev–Trinajstić information content (AvgIpc) is 2.74. The third kappa shape index (κ3) is 6.51. The van der Waals surface area contributed by atoms with E-state index in [4.69, 9.17) is 16.6 Å². The molecule has 1 heterocycles. The molecule has 0 saturated heterocycles. The van der Waals surface area contributed by atoms with Gasteiger partial charge in [-0.2, -0.15) is 0 Å². The minimum atomic E-state index is 0.533. The molecule has 130 valence electrons. The van der Waals surface area contributed by atoms with Crippen LogP contribution in [-0.2, 0) is 6.54 Å². The van der Waals surface area contributed by atoms with E-state index in [2.05, 4.69) is 29.2 Å². The van der Waals surface area contributed by atoms with Crippen LogP contribution in [0.2, 0.25) is 0 Å². The average molecular weight is 338 g/mol. The van der Waals surface area contributed by atoms with E-state index in [1.54, 1.807) is 0 Å². The maximum absolute atomic E-state index is 5.74. The number of furan rings is 1. The fraction of sp³-hybridized carbons (Fsp3) is 0.722. The first-order valence-electron chi connectivity index (χ1n) is 8.80. The highest BCUT2D eigenvalue weighted by molar-refractivity contribution is 7.80. The van der Waals surface area contributed by atoms with Crippen molar-refractivity contribution in [1.82, 2.24) is 15.1 Å². The molecule has 1 fully saturated rings. The molecule has 1 aliphatic carbocycles. The van der Waals surface area contributed by atoms with Crippen LogP contribution in [0.15, 0.2) is 16.5 Å². The highest BCUT2D eigenvalue weighted by Gasteiger charge is 2.18. The van der Waals surface area contributed by atoms with Crippen molar-refractivity contribution in [1.29, 1.82) is 0 Å². The number of hydrogen-bond acceptors (Lipinski definition) is 3. The molecule has 1 saturated carbocycles. The van der Waals surface area contributed by atoms with Gasteiger partial charge < -0.3 is 19.5 Å². The molecule has 1 aliphatic rings. The molecular formula is C18H31N3OS. The van der Waals surface area contributed by atoms with Crippen molar-refractivity contribution in [2.24, 2.45) is 0 Å². The van der Waals surface area contributed by atoms with E-state index in [9.17, 15) is 0 Å². The fourth-order valence-electron chi connectivity index (χ4n) is 3.02. The molecule has 23 heavy (non-hydrogen) atoms. The fourth-order valence-corrected chi connectivity index (χ4v) is 3.34. The van der Waals surface area contributed by atoms with E-state index in [0.717, 1.165) is 36.3 Å². The molecule has 1 N–H and O–H groups in total. The third-order valence-electron chi connectivity index (χ3n) is 4.43. The molecule has 0 aliphatic heterocycles. The number of hydrogen-bond donors (Lipinski definition) is 1. The summed E-state index contributed by atoms with van der Waals surface area (Å²) >= 11 is 5.71. The summed E-state index contributed by atoms with van der Waals surface area (Å²) in [5.74, 6) is 1.93. The van der Waals surface area contributed by atoms with E-state index in [1.807, 2.05) is 19.1 Å². The Hall–Kier alpha value is -1.07. The summed E-state index contributed by atoms with van der Waals surface area (Å²) in [4.78, 5) is 4.42. The summed E-state index contributed by atoms with van der Waals surface area (Å²) in [6.45, 7) is 4.60. The first kappa shape index (κ1) is 18.3. The SMILES string of the molecule is Cc1ccc(CN(CCN(C)C)C(=S)NC2CCCCCC2)o1. The smallest absolute Gasteiger partial charge is 0.169 e. The van der Waals surface area contributed by atoms with Crippen molar-refractivity contribution in [3.05, 3.63) is 23.7 Å².